The van der Waals surface area contributed by atoms with Gasteiger partial charge in [-0.05, 0) is 42.8 Å². The van der Waals surface area contributed by atoms with Crippen LogP contribution >= 0.6 is 15.9 Å². The summed E-state index contributed by atoms with van der Waals surface area (Å²) >= 11 is 3.44. The molecule has 2 heterocycles. The van der Waals surface area contributed by atoms with Crippen molar-refractivity contribution in [3.05, 3.63) is 22.9 Å². The van der Waals surface area contributed by atoms with Crippen molar-refractivity contribution in [3.8, 4) is 0 Å². The SMILES string of the molecule is CC(C)(C)OC(=O)N1CCN(c2cnccc2Br)CC1C(=O)O. The fourth-order valence-corrected chi connectivity index (χ4v) is 2.83. The standard InChI is InChI=1S/C15H20BrN3O4/c1-15(2,3)23-14(22)19-7-6-18(9-12(19)13(20)21)11-8-17-5-4-10(11)16/h4-5,8,12H,6-7,9H2,1-3H3,(H,20,21). The summed E-state index contributed by atoms with van der Waals surface area (Å²) in [6.07, 6.45) is 2.72. The molecule has 0 bridgehead atoms. The predicted molar refractivity (Wildman–Crippen MR) is 88.5 cm³/mol. The average Bonchev–Trinajstić information content (AvgIpc) is 2.45. The van der Waals surface area contributed by atoms with E-state index in [2.05, 4.69) is 20.9 Å². The Morgan fingerprint density at radius 2 is 2.09 bits per heavy atom. The van der Waals surface area contributed by atoms with Gasteiger partial charge in [0.25, 0.3) is 0 Å². The first-order chi connectivity index (χ1) is 10.7. The number of hydrogen-bond donors (Lipinski definition) is 1. The van der Waals surface area contributed by atoms with Crippen molar-refractivity contribution in [2.24, 2.45) is 0 Å². The number of carboxylic acids is 1. The minimum absolute atomic E-state index is 0.179. The molecule has 8 heteroatoms. The van der Waals surface area contributed by atoms with Gasteiger partial charge >= 0.3 is 12.1 Å². The Kier molecular flexibility index (Phi) is 5.13. The van der Waals surface area contributed by atoms with Crippen LogP contribution in [-0.4, -0.2) is 58.3 Å². The number of anilines is 1. The number of nitrogens with zero attached hydrogens (tertiary/aromatic N) is 3. The zero-order valence-corrected chi connectivity index (χ0v) is 14.9. The maximum atomic E-state index is 12.2. The molecule has 1 saturated heterocycles. The Bertz CT molecular complexity index is 603. The zero-order valence-electron chi connectivity index (χ0n) is 13.3. The summed E-state index contributed by atoms with van der Waals surface area (Å²) in [5.74, 6) is -1.06. The first kappa shape index (κ1) is 17.5. The number of rotatable bonds is 2. The third-order valence-corrected chi connectivity index (χ3v) is 4.05. The highest BCUT2D eigenvalue weighted by molar-refractivity contribution is 9.10. The van der Waals surface area contributed by atoms with Crippen LogP contribution in [0.15, 0.2) is 22.9 Å². The summed E-state index contributed by atoms with van der Waals surface area (Å²) in [7, 11) is 0. The third kappa shape index (κ3) is 4.34. The predicted octanol–water partition coefficient (Wildman–Crippen LogP) is 2.35. The number of carboxylic acid groups (broad SMARTS) is 1. The second-order valence-corrected chi connectivity index (χ2v) is 7.16. The van der Waals surface area contributed by atoms with Gasteiger partial charge in [-0.15, -0.1) is 0 Å². The minimum atomic E-state index is -1.06. The van der Waals surface area contributed by atoms with Gasteiger partial charge in [0.2, 0.25) is 0 Å². The third-order valence-electron chi connectivity index (χ3n) is 3.38. The van der Waals surface area contributed by atoms with Crippen molar-refractivity contribution in [2.75, 3.05) is 24.5 Å². The van der Waals surface area contributed by atoms with Crippen LogP contribution in [0.4, 0.5) is 10.5 Å². The quantitative estimate of drug-likeness (QED) is 0.840. The Hall–Kier alpha value is -1.83. The van der Waals surface area contributed by atoms with Gasteiger partial charge in [0.1, 0.15) is 11.6 Å². The van der Waals surface area contributed by atoms with E-state index in [1.54, 1.807) is 39.2 Å². The van der Waals surface area contributed by atoms with Gasteiger partial charge in [-0.2, -0.15) is 0 Å². The van der Waals surface area contributed by atoms with Crippen molar-refractivity contribution in [3.63, 3.8) is 0 Å². The summed E-state index contributed by atoms with van der Waals surface area (Å²) < 4.78 is 6.14. The lowest BCUT2D eigenvalue weighted by atomic mass is 10.1. The number of halogens is 1. The number of pyridine rings is 1. The second-order valence-electron chi connectivity index (χ2n) is 6.30. The van der Waals surface area contributed by atoms with Crippen molar-refractivity contribution < 1.29 is 19.4 Å². The van der Waals surface area contributed by atoms with Crippen molar-refractivity contribution in [2.45, 2.75) is 32.4 Å². The molecule has 0 aliphatic carbocycles. The average molecular weight is 386 g/mol. The van der Waals surface area contributed by atoms with Gasteiger partial charge in [0, 0.05) is 30.3 Å². The van der Waals surface area contributed by atoms with Crippen LogP contribution in [0.3, 0.4) is 0 Å². The van der Waals surface area contributed by atoms with Gasteiger partial charge in [0.15, 0.2) is 0 Å². The summed E-state index contributed by atoms with van der Waals surface area (Å²) in [5, 5.41) is 9.49. The highest BCUT2D eigenvalue weighted by Gasteiger charge is 2.38. The number of piperazine rings is 1. The number of hydrogen-bond acceptors (Lipinski definition) is 5. The molecular formula is C15H20BrN3O4. The van der Waals surface area contributed by atoms with Crippen LogP contribution in [0, 0.1) is 0 Å². The Balaban J connectivity index is 2.17. The molecule has 0 aromatic carbocycles. The van der Waals surface area contributed by atoms with Gasteiger partial charge in [-0.25, -0.2) is 9.59 Å². The Morgan fingerprint density at radius 3 is 2.65 bits per heavy atom. The van der Waals surface area contributed by atoms with Crippen LogP contribution in [-0.2, 0) is 9.53 Å². The highest BCUT2D eigenvalue weighted by Crippen LogP contribution is 2.27. The topological polar surface area (TPSA) is 83.0 Å². The summed E-state index contributed by atoms with van der Waals surface area (Å²) in [6.45, 7) is 6.22. The van der Waals surface area contributed by atoms with E-state index in [1.165, 1.54) is 4.90 Å². The van der Waals surface area contributed by atoms with Crippen LogP contribution in [0.1, 0.15) is 20.8 Å². The molecule has 1 unspecified atom stereocenters. The van der Waals surface area contributed by atoms with E-state index < -0.39 is 23.7 Å². The number of carbonyl (C=O) groups excluding carboxylic acids is 1. The van der Waals surface area contributed by atoms with Crippen LogP contribution < -0.4 is 4.90 Å². The lowest BCUT2D eigenvalue weighted by Crippen LogP contribution is -2.59. The molecule has 1 aromatic rings. The van der Waals surface area contributed by atoms with Gasteiger partial charge in [-0.1, -0.05) is 0 Å². The second kappa shape index (κ2) is 6.74. The molecule has 23 heavy (non-hydrogen) atoms. The van der Waals surface area contributed by atoms with Gasteiger partial charge in [-0.3, -0.25) is 9.88 Å². The van der Waals surface area contributed by atoms with Gasteiger partial charge < -0.3 is 14.7 Å². The fraction of sp³-hybridized carbons (Fsp3) is 0.533. The number of amides is 1. The van der Waals surface area contributed by atoms with Crippen LogP contribution in [0.25, 0.3) is 0 Å². The number of carbonyl (C=O) groups is 2. The molecule has 1 aliphatic heterocycles. The van der Waals surface area contributed by atoms with E-state index in [9.17, 15) is 14.7 Å². The normalized spacial score (nSPS) is 18.7. The zero-order chi connectivity index (χ0) is 17.2. The molecule has 0 spiro atoms. The van der Waals surface area contributed by atoms with E-state index in [1.807, 2.05) is 4.90 Å². The van der Waals surface area contributed by atoms with Crippen molar-refractivity contribution >= 4 is 33.7 Å². The molecular weight excluding hydrogens is 366 g/mol. The van der Waals surface area contributed by atoms with Crippen LogP contribution in [0.2, 0.25) is 0 Å². The molecule has 1 fully saturated rings. The summed E-state index contributed by atoms with van der Waals surface area (Å²) in [6, 6.07) is 0.830. The molecule has 126 valence electrons. The number of aromatic nitrogens is 1. The van der Waals surface area contributed by atoms with Crippen molar-refractivity contribution in [1.82, 2.24) is 9.88 Å². The largest absolute Gasteiger partial charge is 0.480 e. The van der Waals surface area contributed by atoms with E-state index >= 15 is 0 Å². The number of aliphatic carboxylic acids is 1. The molecule has 1 atom stereocenters. The van der Waals surface area contributed by atoms with E-state index in [0.29, 0.717) is 6.54 Å². The van der Waals surface area contributed by atoms with Gasteiger partial charge in [0.05, 0.1) is 11.9 Å². The molecule has 0 radical (unpaired) electrons. The van der Waals surface area contributed by atoms with E-state index in [-0.39, 0.29) is 13.1 Å². The first-order valence-electron chi connectivity index (χ1n) is 7.26. The lowest BCUT2D eigenvalue weighted by Gasteiger charge is -2.40. The molecule has 2 rings (SSSR count). The highest BCUT2D eigenvalue weighted by atomic mass is 79.9. The smallest absolute Gasteiger partial charge is 0.411 e. The minimum Gasteiger partial charge on any atom is -0.480 e. The number of ether oxygens (including phenoxy) is 1. The van der Waals surface area contributed by atoms with E-state index in [4.69, 9.17) is 4.74 Å². The van der Waals surface area contributed by atoms with Crippen LogP contribution in [0.5, 0.6) is 0 Å². The summed E-state index contributed by atoms with van der Waals surface area (Å²) in [4.78, 5) is 31.1. The molecule has 7 nitrogen and oxygen atoms in total. The lowest BCUT2D eigenvalue weighted by molar-refractivity contribution is -0.143. The Labute approximate surface area is 143 Å². The molecule has 1 aliphatic rings. The maximum Gasteiger partial charge on any atom is 0.411 e. The molecule has 1 aromatic heterocycles. The van der Waals surface area contributed by atoms with Crippen molar-refractivity contribution in [1.29, 1.82) is 0 Å². The molecule has 1 amide bonds. The maximum absolute atomic E-state index is 12.2. The monoisotopic (exact) mass is 385 g/mol. The van der Waals surface area contributed by atoms with E-state index in [0.717, 1.165) is 10.2 Å². The molecule has 1 N–H and O–H groups in total. The summed E-state index contributed by atoms with van der Waals surface area (Å²) in [5.41, 5.74) is 0.145. The fourth-order valence-electron chi connectivity index (χ4n) is 2.35. The Morgan fingerprint density at radius 1 is 1.39 bits per heavy atom. The molecule has 0 saturated carbocycles. The first-order valence-corrected chi connectivity index (χ1v) is 8.05.